The Morgan fingerprint density at radius 2 is 1.75 bits per heavy atom. The summed E-state index contributed by atoms with van der Waals surface area (Å²) in [5, 5.41) is 0.680. The van der Waals surface area contributed by atoms with E-state index in [-0.39, 0.29) is 11.7 Å². The lowest BCUT2D eigenvalue weighted by Gasteiger charge is -2.13. The normalized spacial score (nSPS) is 15.7. The number of para-hydroxylation sites is 1. The summed E-state index contributed by atoms with van der Waals surface area (Å²) in [6, 6.07) is 19.8. The molecule has 4 rings (SSSR count). The van der Waals surface area contributed by atoms with Gasteiger partial charge in [0.25, 0.3) is 5.91 Å². The third-order valence-electron chi connectivity index (χ3n) is 5.67. The van der Waals surface area contributed by atoms with Crippen molar-refractivity contribution in [3.05, 3.63) is 94.1 Å². The third kappa shape index (κ3) is 5.97. The summed E-state index contributed by atoms with van der Waals surface area (Å²) >= 11 is 1.38. The molecule has 0 N–H and O–H groups in total. The van der Waals surface area contributed by atoms with Gasteiger partial charge in [-0.1, -0.05) is 43.3 Å². The highest BCUT2D eigenvalue weighted by Crippen LogP contribution is 2.36. The molecule has 1 amide bonds. The molecule has 1 heterocycles. The number of thioether (sulfide) groups is 1. The largest absolute Gasteiger partial charge is 0.490 e. The van der Waals surface area contributed by atoms with Crippen molar-refractivity contribution >= 4 is 34.6 Å². The van der Waals surface area contributed by atoms with Crippen molar-refractivity contribution in [1.29, 1.82) is 0 Å². The lowest BCUT2D eigenvalue weighted by atomic mass is 10.1. The molecule has 3 aromatic carbocycles. The second kappa shape index (κ2) is 11.9. The van der Waals surface area contributed by atoms with Gasteiger partial charge in [0, 0.05) is 6.54 Å². The Labute approximate surface area is 215 Å². The fourth-order valence-corrected chi connectivity index (χ4v) is 4.84. The Morgan fingerprint density at radius 1 is 0.972 bits per heavy atom. The van der Waals surface area contributed by atoms with Gasteiger partial charge in [-0.2, -0.15) is 0 Å². The van der Waals surface area contributed by atoms with Crippen molar-refractivity contribution in [1.82, 2.24) is 4.90 Å². The maximum Gasteiger partial charge on any atom is 0.266 e. The summed E-state index contributed by atoms with van der Waals surface area (Å²) in [7, 11) is 0. The molecule has 0 aromatic heterocycles. The molecule has 7 heteroatoms. The summed E-state index contributed by atoms with van der Waals surface area (Å²) in [6.07, 6.45) is 2.73. The molecule has 1 fully saturated rings. The predicted octanol–water partition coefficient (Wildman–Crippen LogP) is 6.99. The highest BCUT2D eigenvalue weighted by atomic mass is 32.2. The molecule has 0 saturated carbocycles. The van der Waals surface area contributed by atoms with Crippen molar-refractivity contribution in [2.75, 3.05) is 13.2 Å². The van der Waals surface area contributed by atoms with Crippen molar-refractivity contribution in [2.45, 2.75) is 33.8 Å². The van der Waals surface area contributed by atoms with E-state index in [0.717, 1.165) is 28.8 Å². The number of amides is 1. The molecule has 3 aromatic rings. The summed E-state index contributed by atoms with van der Waals surface area (Å²) < 4.78 is 24.9. The zero-order valence-electron chi connectivity index (χ0n) is 20.7. The Morgan fingerprint density at radius 3 is 2.47 bits per heavy atom. The first-order valence-corrected chi connectivity index (χ1v) is 12.9. The van der Waals surface area contributed by atoms with Crippen LogP contribution in [-0.2, 0) is 17.8 Å². The highest BCUT2D eigenvalue weighted by molar-refractivity contribution is 8.18. The van der Waals surface area contributed by atoms with Gasteiger partial charge >= 0.3 is 0 Å². The van der Waals surface area contributed by atoms with Gasteiger partial charge in [0.15, 0.2) is 16.7 Å². The molecule has 1 aliphatic rings. The molecule has 1 aliphatic heterocycles. The molecule has 0 bridgehead atoms. The van der Waals surface area contributed by atoms with Crippen LogP contribution in [0.4, 0.5) is 10.1 Å². The van der Waals surface area contributed by atoms with E-state index in [9.17, 15) is 9.18 Å². The van der Waals surface area contributed by atoms with Crippen LogP contribution in [-0.4, -0.2) is 29.1 Å². The minimum atomic E-state index is -0.283. The fourth-order valence-electron chi connectivity index (χ4n) is 3.79. The molecule has 5 nitrogen and oxygen atoms in total. The number of hydrogen-bond acceptors (Lipinski definition) is 5. The zero-order valence-corrected chi connectivity index (χ0v) is 21.5. The molecule has 0 spiro atoms. The van der Waals surface area contributed by atoms with Crippen molar-refractivity contribution < 1.29 is 18.7 Å². The number of nitrogens with zero attached hydrogens (tertiary/aromatic N) is 2. The number of benzene rings is 3. The minimum Gasteiger partial charge on any atom is -0.490 e. The van der Waals surface area contributed by atoms with Crippen LogP contribution in [0.3, 0.4) is 0 Å². The number of carbonyl (C=O) groups is 1. The van der Waals surface area contributed by atoms with Gasteiger partial charge in [0.05, 0.1) is 17.2 Å². The van der Waals surface area contributed by atoms with Crippen molar-refractivity contribution in [3.63, 3.8) is 0 Å². The molecule has 0 atom stereocenters. The number of rotatable bonds is 9. The molecule has 0 aliphatic carbocycles. The van der Waals surface area contributed by atoms with E-state index in [2.05, 4.69) is 13.0 Å². The fraction of sp³-hybridized carbons (Fsp3) is 0.241. The molecular weight excluding hydrogens is 475 g/mol. The first-order chi connectivity index (χ1) is 17.5. The maximum absolute atomic E-state index is 13.2. The third-order valence-corrected chi connectivity index (χ3v) is 6.67. The van der Waals surface area contributed by atoms with Crippen LogP contribution in [0.5, 0.6) is 11.5 Å². The topological polar surface area (TPSA) is 51.1 Å². The average Bonchev–Trinajstić information content (AvgIpc) is 3.18. The summed E-state index contributed by atoms with van der Waals surface area (Å²) in [5.41, 5.74) is 3.71. The van der Waals surface area contributed by atoms with Gasteiger partial charge in [-0.05, 0) is 85.1 Å². The second-order valence-corrected chi connectivity index (χ2v) is 9.10. The monoisotopic (exact) mass is 504 g/mol. The van der Waals surface area contributed by atoms with Crippen LogP contribution >= 0.6 is 11.8 Å². The first-order valence-electron chi connectivity index (χ1n) is 12.0. The van der Waals surface area contributed by atoms with E-state index >= 15 is 0 Å². The Balaban J connectivity index is 1.57. The van der Waals surface area contributed by atoms with Gasteiger partial charge in [-0.3, -0.25) is 9.69 Å². The van der Waals surface area contributed by atoms with Gasteiger partial charge in [-0.15, -0.1) is 0 Å². The number of likely N-dealkylation sites (N-methyl/N-ethyl adjacent to an activating group) is 1. The van der Waals surface area contributed by atoms with E-state index in [1.54, 1.807) is 17.0 Å². The molecule has 1 saturated heterocycles. The number of hydrogen-bond donors (Lipinski definition) is 0. The van der Waals surface area contributed by atoms with Crippen LogP contribution in [0.2, 0.25) is 0 Å². The maximum atomic E-state index is 13.2. The second-order valence-electron chi connectivity index (χ2n) is 8.09. The summed E-state index contributed by atoms with van der Waals surface area (Å²) in [4.78, 5) is 20.3. The molecule has 0 unspecified atom stereocenters. The molecule has 0 radical (unpaired) electrons. The SMILES string of the molecule is CCOc1cc(/C=C2/SC(=Nc3ccccc3CC)N(CC)C2=O)ccc1OCc1ccc(F)cc1. The number of aryl methyl sites for hydroxylation is 1. The van der Waals surface area contributed by atoms with E-state index in [4.69, 9.17) is 14.5 Å². The van der Waals surface area contributed by atoms with Gasteiger partial charge in [0.1, 0.15) is 12.4 Å². The minimum absolute atomic E-state index is 0.0650. The van der Waals surface area contributed by atoms with Crippen LogP contribution in [0, 0.1) is 5.82 Å². The standard InChI is InChI=1S/C29H29FN2O3S/c1-4-22-9-7-8-10-24(22)31-29-32(5-2)28(33)27(36-29)18-21-13-16-25(26(17-21)34-6-3)35-19-20-11-14-23(30)15-12-20/h7-18H,4-6,19H2,1-3H3/b27-18+,31-29?. The Kier molecular flexibility index (Phi) is 8.44. The van der Waals surface area contributed by atoms with E-state index in [1.165, 1.54) is 23.9 Å². The van der Waals surface area contributed by atoms with Crippen LogP contribution in [0.15, 0.2) is 76.6 Å². The lowest BCUT2D eigenvalue weighted by molar-refractivity contribution is -0.122. The number of ether oxygens (including phenoxy) is 2. The van der Waals surface area contributed by atoms with Gasteiger partial charge in [-0.25, -0.2) is 9.38 Å². The van der Waals surface area contributed by atoms with Crippen molar-refractivity contribution in [3.8, 4) is 11.5 Å². The van der Waals surface area contributed by atoms with Gasteiger partial charge in [0.2, 0.25) is 0 Å². The predicted molar refractivity (Wildman–Crippen MR) is 144 cm³/mol. The van der Waals surface area contributed by atoms with E-state index < -0.39 is 0 Å². The van der Waals surface area contributed by atoms with Crippen LogP contribution in [0.25, 0.3) is 6.08 Å². The Bertz CT molecular complexity index is 1290. The number of aliphatic imine (C=N–C) groups is 1. The van der Waals surface area contributed by atoms with E-state index in [1.807, 2.05) is 56.3 Å². The summed E-state index contributed by atoms with van der Waals surface area (Å²) in [6.45, 7) is 7.25. The van der Waals surface area contributed by atoms with Crippen molar-refractivity contribution in [2.24, 2.45) is 4.99 Å². The smallest absolute Gasteiger partial charge is 0.266 e. The van der Waals surface area contributed by atoms with Crippen LogP contribution < -0.4 is 9.47 Å². The first kappa shape index (κ1) is 25.5. The molecular formula is C29H29FN2O3S. The highest BCUT2D eigenvalue weighted by Gasteiger charge is 2.32. The van der Waals surface area contributed by atoms with Gasteiger partial charge < -0.3 is 9.47 Å². The van der Waals surface area contributed by atoms with E-state index in [0.29, 0.717) is 41.3 Å². The number of amidine groups is 1. The quantitative estimate of drug-likeness (QED) is 0.295. The average molecular weight is 505 g/mol. The summed E-state index contributed by atoms with van der Waals surface area (Å²) in [5.74, 6) is 0.824. The lowest BCUT2D eigenvalue weighted by Crippen LogP contribution is -2.28. The number of carbonyl (C=O) groups excluding carboxylic acids is 1. The Hall–Kier alpha value is -3.58. The van der Waals surface area contributed by atoms with Crippen LogP contribution in [0.1, 0.15) is 37.5 Å². The zero-order chi connectivity index (χ0) is 25.5. The number of halogens is 1. The molecule has 36 heavy (non-hydrogen) atoms. The molecule has 186 valence electrons.